The smallest absolute Gasteiger partial charge is 0.273 e. The van der Waals surface area contributed by atoms with Gasteiger partial charge in [-0.05, 0) is 64.2 Å². The molecule has 4 N–H and O–H groups in total. The summed E-state index contributed by atoms with van der Waals surface area (Å²) in [6.07, 6.45) is 7.56. The van der Waals surface area contributed by atoms with Crippen LogP contribution in [0.3, 0.4) is 0 Å². The Morgan fingerprint density at radius 3 is 2.72 bits per heavy atom. The zero-order valence-electron chi connectivity index (χ0n) is 21.4. The van der Waals surface area contributed by atoms with E-state index >= 15 is 0 Å². The molecule has 0 fully saturated rings. The van der Waals surface area contributed by atoms with Crippen LogP contribution in [0.5, 0.6) is 11.5 Å². The monoisotopic (exact) mass is 493 g/mol. The van der Waals surface area contributed by atoms with Crippen LogP contribution in [0.25, 0.3) is 0 Å². The molecule has 0 aromatic heterocycles. The zero-order chi connectivity index (χ0) is 26.2. The molecule has 2 aromatic rings. The van der Waals surface area contributed by atoms with Crippen molar-refractivity contribution in [3.05, 3.63) is 62.7 Å². The molecule has 8 nitrogen and oxygen atoms in total. The molecule has 0 saturated carbocycles. The molecule has 8 heteroatoms. The predicted octanol–water partition coefficient (Wildman–Crippen LogP) is 6.48. The molecule has 2 aliphatic rings. The van der Waals surface area contributed by atoms with Gasteiger partial charge in [0.25, 0.3) is 11.6 Å². The fourth-order valence-electron chi connectivity index (χ4n) is 5.63. The van der Waals surface area contributed by atoms with E-state index < -0.39 is 16.4 Å². The maximum Gasteiger partial charge on any atom is 0.273 e. The first-order valence-corrected chi connectivity index (χ1v) is 12.6. The maximum absolute atomic E-state index is 13.6. The average molecular weight is 494 g/mol. The summed E-state index contributed by atoms with van der Waals surface area (Å²) in [6, 6.07) is 5.86. The van der Waals surface area contributed by atoms with Gasteiger partial charge in [0.1, 0.15) is 17.1 Å². The van der Waals surface area contributed by atoms with Gasteiger partial charge in [0.15, 0.2) is 0 Å². The molecule has 0 saturated heterocycles. The van der Waals surface area contributed by atoms with Gasteiger partial charge >= 0.3 is 0 Å². The van der Waals surface area contributed by atoms with E-state index in [0.29, 0.717) is 23.3 Å². The normalized spacial score (nSPS) is 19.9. The third-order valence-electron chi connectivity index (χ3n) is 7.42. The van der Waals surface area contributed by atoms with Crippen LogP contribution in [0.2, 0.25) is 0 Å². The number of anilines is 2. The summed E-state index contributed by atoms with van der Waals surface area (Å²) >= 11 is 0. The van der Waals surface area contributed by atoms with Crippen molar-refractivity contribution < 1.29 is 19.6 Å². The highest BCUT2D eigenvalue weighted by Crippen LogP contribution is 2.54. The van der Waals surface area contributed by atoms with Crippen molar-refractivity contribution in [2.45, 2.75) is 77.7 Å². The number of carbonyl (C=O) groups excluding carboxylic acids is 1. The quantitative estimate of drug-likeness (QED) is 0.133. The molecule has 36 heavy (non-hydrogen) atoms. The zero-order valence-corrected chi connectivity index (χ0v) is 21.4. The summed E-state index contributed by atoms with van der Waals surface area (Å²) < 4.78 is 6.45. The summed E-state index contributed by atoms with van der Waals surface area (Å²) in [5.41, 5.74) is 8.34. The molecule has 0 bridgehead atoms. The number of hydrogen-bond acceptors (Lipinski definition) is 6. The summed E-state index contributed by atoms with van der Waals surface area (Å²) in [5, 5.41) is 25.6. The number of rotatable bonds is 7. The number of nitro benzene ring substituents is 1. The number of allylic oxidation sites excluding steroid dienone is 2. The first kappa shape index (κ1) is 25.5. The number of phenolic OH excluding ortho intramolecular Hbond substituents is 1. The van der Waals surface area contributed by atoms with Crippen LogP contribution in [0.15, 0.2) is 35.9 Å². The van der Waals surface area contributed by atoms with E-state index in [9.17, 15) is 20.0 Å². The number of nitrogens with zero attached hydrogens (tertiary/aromatic N) is 1. The molecule has 1 aliphatic heterocycles. The van der Waals surface area contributed by atoms with E-state index in [1.165, 1.54) is 23.8 Å². The minimum Gasteiger partial charge on any atom is -0.507 e. The largest absolute Gasteiger partial charge is 0.507 e. The number of carbonyl (C=O) groups is 1. The second-order valence-electron chi connectivity index (χ2n) is 10.5. The number of benzene rings is 2. The molecule has 4 rings (SSSR count). The lowest BCUT2D eigenvalue weighted by Crippen LogP contribution is -2.45. The van der Waals surface area contributed by atoms with Gasteiger partial charge in [-0.3, -0.25) is 14.9 Å². The van der Waals surface area contributed by atoms with Gasteiger partial charge in [0, 0.05) is 40.9 Å². The van der Waals surface area contributed by atoms with Gasteiger partial charge in [0.2, 0.25) is 0 Å². The fourth-order valence-corrected chi connectivity index (χ4v) is 5.63. The van der Waals surface area contributed by atoms with E-state index in [0.717, 1.165) is 32.1 Å². The number of nitrogen functional groups attached to an aromatic ring is 1. The van der Waals surface area contributed by atoms with Gasteiger partial charge in [-0.2, -0.15) is 0 Å². The predicted molar refractivity (Wildman–Crippen MR) is 141 cm³/mol. The number of aromatic hydroxyl groups is 1. The summed E-state index contributed by atoms with van der Waals surface area (Å²) in [6.45, 7) is 8.37. The number of nitrogens with one attached hydrogen (secondary N) is 1. The van der Waals surface area contributed by atoms with Crippen molar-refractivity contribution in [3.8, 4) is 11.5 Å². The summed E-state index contributed by atoms with van der Waals surface area (Å²) in [5.74, 6) is 0.110. The standard InChI is InChI=1S/C28H35N3O5/c1-5-6-7-8-17-12-23-25(21-11-16(2)9-10-22(21)28(3,4)36-23)26(32)24(17)27(33)30-19-13-18(29)14-20(15-19)31(34)35/h11-15,21-22,32H,5-10,29H2,1-4H3,(H,30,33)/t21-,22-/m1/s1. The highest BCUT2D eigenvalue weighted by atomic mass is 16.6. The van der Waals surface area contributed by atoms with Crippen molar-refractivity contribution in [3.63, 3.8) is 0 Å². The lowest BCUT2D eigenvalue weighted by atomic mass is 9.67. The van der Waals surface area contributed by atoms with Gasteiger partial charge in [0.05, 0.1) is 10.5 Å². The summed E-state index contributed by atoms with van der Waals surface area (Å²) in [7, 11) is 0. The van der Waals surface area contributed by atoms with Crippen molar-refractivity contribution >= 4 is 23.0 Å². The van der Waals surface area contributed by atoms with Crippen LogP contribution in [0.4, 0.5) is 17.1 Å². The molecule has 192 valence electrons. The van der Waals surface area contributed by atoms with Gasteiger partial charge < -0.3 is 20.9 Å². The van der Waals surface area contributed by atoms with E-state index in [1.54, 1.807) is 0 Å². The number of fused-ring (bicyclic) bond motifs is 3. The number of nitro groups is 1. The number of ether oxygens (including phenoxy) is 1. The minimum atomic E-state index is -0.560. The fraction of sp³-hybridized carbons (Fsp3) is 0.464. The number of phenols is 1. The number of unbranched alkanes of at least 4 members (excludes halogenated alkanes) is 2. The third kappa shape index (κ3) is 4.90. The van der Waals surface area contributed by atoms with Crippen LogP contribution in [0.1, 0.15) is 87.2 Å². The number of non-ortho nitro benzene ring substituents is 1. The highest BCUT2D eigenvalue weighted by molar-refractivity contribution is 6.08. The Morgan fingerprint density at radius 2 is 2.03 bits per heavy atom. The Hall–Kier alpha value is -3.55. The summed E-state index contributed by atoms with van der Waals surface area (Å²) in [4.78, 5) is 24.3. The van der Waals surface area contributed by atoms with Gasteiger partial charge in [-0.25, -0.2) is 0 Å². The molecule has 2 aromatic carbocycles. The van der Waals surface area contributed by atoms with Crippen molar-refractivity contribution in [2.75, 3.05) is 11.1 Å². The molecule has 0 unspecified atom stereocenters. The molecule has 1 aliphatic carbocycles. The molecule has 1 heterocycles. The van der Waals surface area contributed by atoms with Crippen LogP contribution in [-0.2, 0) is 6.42 Å². The Bertz CT molecular complexity index is 1230. The Labute approximate surface area is 211 Å². The van der Waals surface area contributed by atoms with E-state index in [4.69, 9.17) is 10.5 Å². The third-order valence-corrected chi connectivity index (χ3v) is 7.42. The average Bonchev–Trinajstić information content (AvgIpc) is 2.77. The number of nitrogens with two attached hydrogens (primary N) is 1. The number of hydrogen-bond donors (Lipinski definition) is 3. The topological polar surface area (TPSA) is 128 Å². The van der Waals surface area contributed by atoms with E-state index in [1.807, 2.05) is 6.07 Å². The lowest BCUT2D eigenvalue weighted by Gasteiger charge is -2.46. The second-order valence-corrected chi connectivity index (χ2v) is 10.5. The lowest BCUT2D eigenvalue weighted by molar-refractivity contribution is -0.384. The number of amides is 1. The molecule has 2 atom stereocenters. The van der Waals surface area contributed by atoms with Gasteiger partial charge in [-0.15, -0.1) is 0 Å². The molecule has 0 radical (unpaired) electrons. The van der Waals surface area contributed by atoms with E-state index in [2.05, 4.69) is 39.1 Å². The SMILES string of the molecule is CCCCCc1cc2c(c(O)c1C(=O)Nc1cc(N)cc([N+](=O)[O-])c1)[C@@H]1C=C(C)CC[C@H]1C(C)(C)O2. The molecular formula is C28H35N3O5. The van der Waals surface area contributed by atoms with Crippen LogP contribution >= 0.6 is 0 Å². The maximum atomic E-state index is 13.6. The Balaban J connectivity index is 1.82. The van der Waals surface area contributed by atoms with Crippen molar-refractivity contribution in [1.82, 2.24) is 0 Å². The van der Waals surface area contributed by atoms with Crippen LogP contribution < -0.4 is 15.8 Å². The van der Waals surface area contributed by atoms with Crippen LogP contribution in [-0.4, -0.2) is 21.5 Å². The van der Waals surface area contributed by atoms with E-state index in [-0.39, 0.29) is 40.2 Å². The van der Waals surface area contributed by atoms with Gasteiger partial charge in [-0.1, -0.05) is 31.4 Å². The highest BCUT2D eigenvalue weighted by Gasteiger charge is 2.46. The van der Waals surface area contributed by atoms with Crippen molar-refractivity contribution in [1.29, 1.82) is 0 Å². The first-order valence-electron chi connectivity index (χ1n) is 12.6. The molecule has 1 amide bonds. The first-order chi connectivity index (χ1) is 17.0. The van der Waals surface area contributed by atoms with Crippen molar-refractivity contribution in [2.24, 2.45) is 5.92 Å². The Kier molecular flexibility index (Phi) is 6.98. The molecular weight excluding hydrogens is 458 g/mol. The van der Waals surface area contributed by atoms with Crippen LogP contribution in [0, 0.1) is 16.0 Å². The number of aryl methyl sites for hydroxylation is 1. The molecule has 0 spiro atoms. The minimum absolute atomic E-state index is 0.0674. The second kappa shape index (κ2) is 9.84. The Morgan fingerprint density at radius 1 is 1.28 bits per heavy atom.